The normalized spacial score (nSPS) is 14.8. The smallest absolute Gasteiger partial charge is 0.405 e. The third kappa shape index (κ3) is 6.16. The summed E-state index contributed by atoms with van der Waals surface area (Å²) in [4.78, 5) is 17.5. The van der Waals surface area contributed by atoms with Gasteiger partial charge in [-0.1, -0.05) is 42.1 Å². The number of nitrogens with one attached hydrogen (secondary N) is 2. The van der Waals surface area contributed by atoms with Crippen LogP contribution >= 0.6 is 11.8 Å². The second kappa shape index (κ2) is 11.0. The van der Waals surface area contributed by atoms with Crippen molar-refractivity contribution in [3.05, 3.63) is 65.9 Å². The Bertz CT molecular complexity index is 1400. The van der Waals surface area contributed by atoms with E-state index in [-0.39, 0.29) is 12.1 Å². The van der Waals surface area contributed by atoms with Crippen LogP contribution in [-0.2, 0) is 6.54 Å². The summed E-state index contributed by atoms with van der Waals surface area (Å²) in [5.74, 6) is 0.395. The molecule has 11 heteroatoms. The van der Waals surface area contributed by atoms with Gasteiger partial charge in [-0.25, -0.2) is 9.50 Å². The summed E-state index contributed by atoms with van der Waals surface area (Å²) in [7, 11) is 0. The van der Waals surface area contributed by atoms with E-state index in [0.717, 1.165) is 52.9 Å². The van der Waals surface area contributed by atoms with Gasteiger partial charge in [0.05, 0.1) is 28.8 Å². The zero-order chi connectivity index (χ0) is 25.8. The van der Waals surface area contributed by atoms with Gasteiger partial charge in [-0.3, -0.25) is 4.79 Å². The molecule has 0 aliphatic carbocycles. The quantitative estimate of drug-likeness (QED) is 0.242. The first-order valence-corrected chi connectivity index (χ1v) is 13.1. The number of benzene rings is 2. The molecule has 1 amide bonds. The Morgan fingerprint density at radius 3 is 2.70 bits per heavy atom. The lowest BCUT2D eigenvalue weighted by Gasteiger charge is -2.22. The van der Waals surface area contributed by atoms with Crippen LogP contribution < -0.4 is 15.4 Å². The molecule has 0 radical (unpaired) electrons. The minimum atomic E-state index is -4.89. The fourth-order valence-electron chi connectivity index (χ4n) is 4.51. The highest BCUT2D eigenvalue weighted by molar-refractivity contribution is 7.99. The Morgan fingerprint density at radius 1 is 1.14 bits per heavy atom. The van der Waals surface area contributed by atoms with Crippen LogP contribution in [0.5, 0.6) is 5.75 Å². The molecule has 4 aromatic rings. The highest BCUT2D eigenvalue weighted by Gasteiger charge is 2.32. The van der Waals surface area contributed by atoms with Crippen molar-refractivity contribution in [2.75, 3.05) is 18.8 Å². The summed E-state index contributed by atoms with van der Waals surface area (Å²) in [5, 5.41) is 12.4. The molecule has 194 valence electrons. The number of para-hydroxylation sites is 2. The van der Waals surface area contributed by atoms with Gasteiger partial charge in [-0.05, 0) is 62.5 Å². The first kappa shape index (κ1) is 25.3. The van der Waals surface area contributed by atoms with Gasteiger partial charge < -0.3 is 15.4 Å². The molecule has 2 N–H and O–H groups in total. The summed E-state index contributed by atoms with van der Waals surface area (Å²) < 4.78 is 44.0. The number of thioether (sulfide) groups is 1. The Labute approximate surface area is 215 Å². The van der Waals surface area contributed by atoms with E-state index in [1.165, 1.54) is 31.0 Å². The van der Waals surface area contributed by atoms with E-state index >= 15 is 0 Å². The van der Waals surface area contributed by atoms with E-state index in [9.17, 15) is 18.0 Å². The number of rotatable bonds is 8. The minimum Gasteiger partial charge on any atom is -0.405 e. The molecule has 7 nitrogen and oxygen atoms in total. The van der Waals surface area contributed by atoms with Crippen LogP contribution in [0.3, 0.4) is 0 Å². The number of ether oxygens (including phenoxy) is 1. The third-order valence-electron chi connectivity index (χ3n) is 6.34. The second-order valence-corrected chi connectivity index (χ2v) is 9.96. The van der Waals surface area contributed by atoms with Crippen LogP contribution in [0.4, 0.5) is 13.2 Å². The number of carbonyl (C=O) groups is 1. The van der Waals surface area contributed by atoms with Crippen molar-refractivity contribution in [2.24, 2.45) is 5.92 Å². The second-order valence-electron chi connectivity index (χ2n) is 8.90. The molecule has 0 spiro atoms. The SMILES string of the molecule is O=C(NCc1cc2c3ccccc3nc(SCCC3CCNCC3)n2n1)c1ccccc1OC(F)(F)F. The molecule has 0 saturated carbocycles. The molecule has 1 aliphatic rings. The maximum absolute atomic E-state index is 12.7. The predicted octanol–water partition coefficient (Wildman–Crippen LogP) is 5.19. The van der Waals surface area contributed by atoms with Crippen LogP contribution in [0.1, 0.15) is 35.3 Å². The van der Waals surface area contributed by atoms with Crippen LogP contribution in [0.15, 0.2) is 59.8 Å². The number of hydrogen-bond donors (Lipinski definition) is 2. The summed E-state index contributed by atoms with van der Waals surface area (Å²) in [6, 6.07) is 14.9. The summed E-state index contributed by atoms with van der Waals surface area (Å²) in [5.41, 5.74) is 2.08. The number of piperidine rings is 1. The Balaban J connectivity index is 1.35. The molecule has 1 aliphatic heterocycles. The minimum absolute atomic E-state index is 0.0361. The van der Waals surface area contributed by atoms with E-state index in [4.69, 9.17) is 4.98 Å². The van der Waals surface area contributed by atoms with E-state index < -0.39 is 18.0 Å². The third-order valence-corrected chi connectivity index (χ3v) is 7.30. The number of halogens is 3. The number of aromatic nitrogens is 3. The van der Waals surface area contributed by atoms with Gasteiger partial charge in [0.25, 0.3) is 5.91 Å². The summed E-state index contributed by atoms with van der Waals surface area (Å²) >= 11 is 1.66. The number of hydrogen-bond acceptors (Lipinski definition) is 6. The molecule has 3 heterocycles. The van der Waals surface area contributed by atoms with Crippen molar-refractivity contribution >= 4 is 34.1 Å². The van der Waals surface area contributed by atoms with E-state index in [2.05, 4.69) is 20.5 Å². The zero-order valence-corrected chi connectivity index (χ0v) is 20.7. The molecule has 2 aromatic heterocycles. The lowest BCUT2D eigenvalue weighted by Crippen LogP contribution is -2.27. The van der Waals surface area contributed by atoms with E-state index in [1.807, 2.05) is 30.3 Å². The molecule has 2 aromatic carbocycles. The van der Waals surface area contributed by atoms with Crippen LogP contribution in [0.25, 0.3) is 16.4 Å². The van der Waals surface area contributed by atoms with Crippen LogP contribution in [0, 0.1) is 5.92 Å². The van der Waals surface area contributed by atoms with Gasteiger partial charge in [0, 0.05) is 11.1 Å². The topological polar surface area (TPSA) is 80.6 Å². The first-order valence-electron chi connectivity index (χ1n) is 12.1. The van der Waals surface area contributed by atoms with Gasteiger partial charge >= 0.3 is 6.36 Å². The highest BCUT2D eigenvalue weighted by Crippen LogP contribution is 2.29. The van der Waals surface area contributed by atoms with E-state index in [1.54, 1.807) is 16.3 Å². The number of alkyl halides is 3. The molecule has 37 heavy (non-hydrogen) atoms. The summed E-state index contributed by atoms with van der Waals surface area (Å²) in [6.45, 7) is 2.16. The van der Waals surface area contributed by atoms with Crippen molar-refractivity contribution in [2.45, 2.75) is 37.3 Å². The lowest BCUT2D eigenvalue weighted by molar-refractivity contribution is -0.274. The van der Waals surface area contributed by atoms with Crippen molar-refractivity contribution in [1.82, 2.24) is 25.2 Å². The molecular weight excluding hydrogens is 503 g/mol. The maximum Gasteiger partial charge on any atom is 0.573 e. The van der Waals surface area contributed by atoms with Gasteiger partial charge in [-0.15, -0.1) is 13.2 Å². The van der Waals surface area contributed by atoms with Crippen molar-refractivity contribution in [3.63, 3.8) is 0 Å². The van der Waals surface area contributed by atoms with Gasteiger partial charge in [0.1, 0.15) is 5.75 Å². The molecular formula is C26H26F3N5O2S. The van der Waals surface area contributed by atoms with E-state index in [0.29, 0.717) is 11.6 Å². The average Bonchev–Trinajstić information content (AvgIpc) is 3.32. The Hall–Kier alpha value is -3.31. The molecule has 5 rings (SSSR count). The van der Waals surface area contributed by atoms with Crippen molar-refractivity contribution < 1.29 is 22.7 Å². The van der Waals surface area contributed by atoms with Crippen LogP contribution in [-0.4, -0.2) is 45.7 Å². The molecule has 0 unspecified atom stereocenters. The molecule has 1 fully saturated rings. The molecule has 0 bridgehead atoms. The standard InChI is InChI=1S/C26H26F3N5O2S/c27-26(28,29)36-23-8-4-2-6-20(23)24(35)31-16-18-15-22-19-5-1-3-7-21(19)32-25(34(22)33-18)37-14-11-17-9-12-30-13-10-17/h1-8,15,17,30H,9-14,16H2,(H,31,35). The van der Waals surface area contributed by atoms with Gasteiger partial charge in [0.2, 0.25) is 0 Å². The molecule has 0 atom stereocenters. The largest absolute Gasteiger partial charge is 0.573 e. The highest BCUT2D eigenvalue weighted by atomic mass is 32.2. The first-order chi connectivity index (χ1) is 17.9. The number of amides is 1. The van der Waals surface area contributed by atoms with Crippen molar-refractivity contribution in [3.8, 4) is 5.75 Å². The Morgan fingerprint density at radius 2 is 1.89 bits per heavy atom. The molecule has 1 saturated heterocycles. The van der Waals surface area contributed by atoms with Crippen LogP contribution in [0.2, 0.25) is 0 Å². The number of nitrogens with zero attached hydrogens (tertiary/aromatic N) is 3. The number of carbonyl (C=O) groups excluding carboxylic acids is 1. The lowest BCUT2D eigenvalue weighted by atomic mass is 9.96. The zero-order valence-electron chi connectivity index (χ0n) is 19.9. The fourth-order valence-corrected chi connectivity index (χ4v) is 5.57. The van der Waals surface area contributed by atoms with Gasteiger partial charge in [-0.2, -0.15) is 5.10 Å². The van der Waals surface area contributed by atoms with Crippen molar-refractivity contribution in [1.29, 1.82) is 0 Å². The monoisotopic (exact) mass is 529 g/mol. The fraction of sp³-hybridized carbons (Fsp3) is 0.346. The summed E-state index contributed by atoms with van der Waals surface area (Å²) in [6.07, 6.45) is -1.42. The number of fused-ring (bicyclic) bond motifs is 3. The predicted molar refractivity (Wildman–Crippen MR) is 136 cm³/mol. The Kier molecular flexibility index (Phi) is 7.52. The van der Waals surface area contributed by atoms with Gasteiger partial charge in [0.15, 0.2) is 5.16 Å². The maximum atomic E-state index is 12.7. The average molecular weight is 530 g/mol.